The van der Waals surface area contributed by atoms with E-state index in [4.69, 9.17) is 4.42 Å². The van der Waals surface area contributed by atoms with Crippen LogP contribution < -0.4 is 5.32 Å². The molecule has 3 aromatic rings. The Morgan fingerprint density at radius 2 is 1.77 bits per heavy atom. The molecule has 2 aromatic carbocycles. The molecule has 1 aromatic heterocycles. The number of aryl methyl sites for hydroxylation is 2. The molecule has 26 heavy (non-hydrogen) atoms. The first-order valence-electron chi connectivity index (χ1n) is 9.54. The highest BCUT2D eigenvalue weighted by Crippen LogP contribution is 2.35. The quantitative estimate of drug-likeness (QED) is 0.600. The number of para-hydroxylation sites is 1. The van der Waals surface area contributed by atoms with Crippen LogP contribution in [-0.2, 0) is 0 Å². The monoisotopic (exact) mass is 347 g/mol. The van der Waals surface area contributed by atoms with E-state index in [0.29, 0.717) is 5.92 Å². The summed E-state index contributed by atoms with van der Waals surface area (Å²) >= 11 is 0. The molecule has 1 fully saturated rings. The summed E-state index contributed by atoms with van der Waals surface area (Å²) in [6.07, 6.45) is 6.17. The van der Waals surface area contributed by atoms with Gasteiger partial charge in [0, 0.05) is 10.9 Å². The van der Waals surface area contributed by atoms with Crippen LogP contribution >= 0.6 is 0 Å². The van der Waals surface area contributed by atoms with Gasteiger partial charge in [-0.05, 0) is 55.9 Å². The predicted molar refractivity (Wildman–Crippen MR) is 106 cm³/mol. The smallest absolute Gasteiger partial charge is 0.256 e. The van der Waals surface area contributed by atoms with Crippen LogP contribution in [0.15, 0.2) is 46.9 Å². The average molecular weight is 347 g/mol. The molecule has 0 atom stereocenters. The van der Waals surface area contributed by atoms with E-state index in [2.05, 4.69) is 11.4 Å². The van der Waals surface area contributed by atoms with Gasteiger partial charge in [-0.3, -0.25) is 4.79 Å². The molecule has 0 bridgehead atoms. The van der Waals surface area contributed by atoms with E-state index in [1.165, 1.54) is 37.7 Å². The van der Waals surface area contributed by atoms with E-state index in [1.54, 1.807) is 0 Å². The highest BCUT2D eigenvalue weighted by atomic mass is 16.3. The molecule has 3 nitrogen and oxygen atoms in total. The van der Waals surface area contributed by atoms with Crippen molar-refractivity contribution in [1.82, 2.24) is 0 Å². The number of amides is 1. The number of benzene rings is 2. The standard InChI is InChI=1S/C23H25NO2/c1-15-16(2)26-22-18(15)13-8-14-21(22)24-23(25)20-12-7-6-11-19(20)17-9-4-3-5-10-17/h6-8,11-14,17H,3-5,9-10H2,1-2H3,(H,24,25). The zero-order valence-electron chi connectivity index (χ0n) is 15.5. The topological polar surface area (TPSA) is 42.2 Å². The molecule has 1 N–H and O–H groups in total. The predicted octanol–water partition coefficient (Wildman–Crippen LogP) is 6.35. The first kappa shape index (κ1) is 16.9. The Balaban J connectivity index is 1.66. The SMILES string of the molecule is Cc1oc2c(NC(=O)c3ccccc3C3CCCCC3)cccc2c1C. The average Bonchev–Trinajstić information content (AvgIpc) is 2.98. The molecule has 0 radical (unpaired) electrons. The summed E-state index contributed by atoms with van der Waals surface area (Å²) in [5.74, 6) is 1.34. The van der Waals surface area contributed by atoms with Crippen molar-refractivity contribution in [1.29, 1.82) is 0 Å². The second kappa shape index (κ2) is 6.99. The number of hydrogen-bond acceptors (Lipinski definition) is 2. The first-order chi connectivity index (χ1) is 12.6. The maximum absolute atomic E-state index is 13.1. The molecular weight excluding hydrogens is 322 g/mol. The second-order valence-electron chi connectivity index (χ2n) is 7.34. The van der Waals surface area contributed by atoms with Gasteiger partial charge in [0.1, 0.15) is 5.76 Å². The number of anilines is 1. The van der Waals surface area contributed by atoms with E-state index >= 15 is 0 Å². The van der Waals surface area contributed by atoms with Crippen LogP contribution in [0.5, 0.6) is 0 Å². The largest absolute Gasteiger partial charge is 0.459 e. The Kier molecular flexibility index (Phi) is 4.54. The molecule has 1 aliphatic carbocycles. The maximum atomic E-state index is 13.1. The number of fused-ring (bicyclic) bond motifs is 1. The molecule has 1 heterocycles. The van der Waals surface area contributed by atoms with Gasteiger partial charge in [-0.25, -0.2) is 0 Å². The zero-order chi connectivity index (χ0) is 18.1. The Hall–Kier alpha value is -2.55. The molecule has 0 aliphatic heterocycles. The number of furan rings is 1. The second-order valence-corrected chi connectivity index (χ2v) is 7.34. The van der Waals surface area contributed by atoms with Crippen LogP contribution in [0, 0.1) is 13.8 Å². The summed E-state index contributed by atoms with van der Waals surface area (Å²) in [5.41, 5.74) is 4.59. The normalized spacial score (nSPS) is 15.3. The summed E-state index contributed by atoms with van der Waals surface area (Å²) in [6.45, 7) is 4.00. The van der Waals surface area contributed by atoms with E-state index in [1.807, 2.05) is 50.2 Å². The number of rotatable bonds is 3. The van der Waals surface area contributed by atoms with E-state index < -0.39 is 0 Å². The van der Waals surface area contributed by atoms with Crippen LogP contribution in [0.1, 0.15) is 65.3 Å². The van der Waals surface area contributed by atoms with Crippen molar-refractivity contribution in [2.75, 3.05) is 5.32 Å². The first-order valence-corrected chi connectivity index (χ1v) is 9.54. The fourth-order valence-electron chi connectivity index (χ4n) is 4.12. The van der Waals surface area contributed by atoms with Crippen LogP contribution in [0.2, 0.25) is 0 Å². The third-order valence-corrected chi connectivity index (χ3v) is 5.70. The van der Waals surface area contributed by atoms with Gasteiger partial charge in [-0.15, -0.1) is 0 Å². The van der Waals surface area contributed by atoms with Crippen molar-refractivity contribution >= 4 is 22.6 Å². The fourth-order valence-corrected chi connectivity index (χ4v) is 4.12. The van der Waals surface area contributed by atoms with Crippen molar-refractivity contribution < 1.29 is 9.21 Å². The summed E-state index contributed by atoms with van der Waals surface area (Å²) in [4.78, 5) is 13.1. The van der Waals surface area contributed by atoms with Crippen LogP contribution in [0.25, 0.3) is 11.0 Å². The summed E-state index contributed by atoms with van der Waals surface area (Å²) in [6, 6.07) is 14.0. The fraction of sp³-hybridized carbons (Fsp3) is 0.348. The van der Waals surface area contributed by atoms with Crippen LogP contribution in [0.4, 0.5) is 5.69 Å². The molecule has 0 spiro atoms. The minimum atomic E-state index is -0.0506. The summed E-state index contributed by atoms with van der Waals surface area (Å²) in [5, 5.41) is 4.14. The molecule has 134 valence electrons. The van der Waals surface area contributed by atoms with Gasteiger partial charge in [0.15, 0.2) is 5.58 Å². The van der Waals surface area contributed by atoms with Gasteiger partial charge in [0.2, 0.25) is 0 Å². The van der Waals surface area contributed by atoms with Crippen LogP contribution in [-0.4, -0.2) is 5.91 Å². The molecular formula is C23H25NO2. The van der Waals surface area contributed by atoms with Gasteiger partial charge in [-0.2, -0.15) is 0 Å². The molecule has 3 heteroatoms. The Morgan fingerprint density at radius 3 is 2.58 bits per heavy atom. The van der Waals surface area contributed by atoms with E-state index in [9.17, 15) is 4.79 Å². The molecule has 1 amide bonds. The number of nitrogens with one attached hydrogen (secondary N) is 1. The van der Waals surface area contributed by atoms with E-state index in [0.717, 1.165) is 33.5 Å². The van der Waals surface area contributed by atoms with E-state index in [-0.39, 0.29) is 5.91 Å². The number of hydrogen-bond donors (Lipinski definition) is 1. The van der Waals surface area contributed by atoms with Gasteiger partial charge in [0.05, 0.1) is 5.69 Å². The molecule has 0 unspecified atom stereocenters. The number of carbonyl (C=O) groups is 1. The summed E-state index contributed by atoms with van der Waals surface area (Å²) < 4.78 is 5.90. The highest BCUT2D eigenvalue weighted by Gasteiger charge is 2.22. The third kappa shape index (κ3) is 3.03. The molecule has 0 saturated heterocycles. The third-order valence-electron chi connectivity index (χ3n) is 5.70. The van der Waals surface area contributed by atoms with Crippen molar-refractivity contribution in [3.05, 3.63) is 64.9 Å². The zero-order valence-corrected chi connectivity index (χ0v) is 15.5. The van der Waals surface area contributed by atoms with Crippen molar-refractivity contribution in [2.45, 2.75) is 51.9 Å². The minimum Gasteiger partial charge on any atom is -0.459 e. The highest BCUT2D eigenvalue weighted by molar-refractivity contribution is 6.09. The van der Waals surface area contributed by atoms with Crippen molar-refractivity contribution in [3.63, 3.8) is 0 Å². The Morgan fingerprint density at radius 1 is 1.00 bits per heavy atom. The van der Waals surface area contributed by atoms with Gasteiger partial charge < -0.3 is 9.73 Å². The van der Waals surface area contributed by atoms with Gasteiger partial charge in [-0.1, -0.05) is 49.6 Å². The summed E-state index contributed by atoms with van der Waals surface area (Å²) in [7, 11) is 0. The van der Waals surface area contributed by atoms with Crippen molar-refractivity contribution in [3.8, 4) is 0 Å². The lowest BCUT2D eigenvalue weighted by atomic mass is 9.82. The lowest BCUT2D eigenvalue weighted by Crippen LogP contribution is -2.17. The van der Waals surface area contributed by atoms with Crippen molar-refractivity contribution in [2.24, 2.45) is 0 Å². The Bertz CT molecular complexity index is 948. The Labute approximate surface area is 154 Å². The van der Waals surface area contributed by atoms with Crippen LogP contribution in [0.3, 0.4) is 0 Å². The molecule has 1 aliphatic rings. The minimum absolute atomic E-state index is 0.0506. The molecule has 1 saturated carbocycles. The maximum Gasteiger partial charge on any atom is 0.256 e. The number of carbonyl (C=O) groups excluding carboxylic acids is 1. The van der Waals surface area contributed by atoms with Gasteiger partial charge in [0.25, 0.3) is 5.91 Å². The lowest BCUT2D eigenvalue weighted by molar-refractivity contribution is 0.102. The lowest BCUT2D eigenvalue weighted by Gasteiger charge is -2.24. The van der Waals surface area contributed by atoms with Gasteiger partial charge >= 0.3 is 0 Å². The molecule has 4 rings (SSSR count).